The number of hydrogen-bond donors (Lipinski definition) is 2. The molecule has 2 rings (SSSR count). The number of halogens is 1. The van der Waals surface area contributed by atoms with E-state index in [-0.39, 0.29) is 16.7 Å². The molecule has 98 valence electrons. The van der Waals surface area contributed by atoms with Crippen molar-refractivity contribution in [2.45, 2.75) is 0 Å². The van der Waals surface area contributed by atoms with Crippen LogP contribution >= 0.6 is 11.6 Å². The first-order valence-corrected chi connectivity index (χ1v) is 5.72. The Labute approximate surface area is 114 Å². The first-order chi connectivity index (χ1) is 9.11. The molecule has 1 heterocycles. The molecule has 1 aromatic heterocycles. The van der Waals surface area contributed by atoms with Crippen molar-refractivity contribution in [1.29, 1.82) is 0 Å². The van der Waals surface area contributed by atoms with Gasteiger partial charge < -0.3 is 15.8 Å². The van der Waals surface area contributed by atoms with Gasteiger partial charge in [0, 0.05) is 6.20 Å². The fourth-order valence-corrected chi connectivity index (χ4v) is 1.64. The number of anilines is 2. The molecule has 7 heteroatoms. The van der Waals surface area contributed by atoms with Crippen molar-refractivity contribution in [3.63, 3.8) is 0 Å². The van der Waals surface area contributed by atoms with Gasteiger partial charge in [0.15, 0.2) is 0 Å². The van der Waals surface area contributed by atoms with Gasteiger partial charge in [0.2, 0.25) is 5.28 Å². The van der Waals surface area contributed by atoms with Crippen molar-refractivity contribution in [1.82, 2.24) is 9.97 Å². The van der Waals surface area contributed by atoms with Gasteiger partial charge in [-0.3, -0.25) is 4.79 Å². The van der Waals surface area contributed by atoms with E-state index in [1.54, 1.807) is 19.2 Å². The molecule has 1 amide bonds. The number of aromatic nitrogens is 2. The molecule has 1 aromatic carbocycles. The van der Waals surface area contributed by atoms with Crippen molar-refractivity contribution in [3.8, 4) is 5.75 Å². The Bertz CT molecular complexity index is 618. The van der Waals surface area contributed by atoms with Gasteiger partial charge in [0.25, 0.3) is 5.91 Å². The summed E-state index contributed by atoms with van der Waals surface area (Å²) >= 11 is 5.72. The molecule has 0 spiro atoms. The number of primary amides is 1. The van der Waals surface area contributed by atoms with E-state index in [0.29, 0.717) is 11.4 Å². The maximum absolute atomic E-state index is 11.3. The molecule has 19 heavy (non-hydrogen) atoms. The normalized spacial score (nSPS) is 10.0. The van der Waals surface area contributed by atoms with E-state index in [1.807, 2.05) is 12.1 Å². The summed E-state index contributed by atoms with van der Waals surface area (Å²) in [5, 5.41) is 2.97. The molecule has 0 fully saturated rings. The Hall–Kier alpha value is -2.34. The molecule has 0 aliphatic heterocycles. The smallest absolute Gasteiger partial charge is 0.254 e. The van der Waals surface area contributed by atoms with Crippen LogP contribution in [0, 0.1) is 0 Å². The van der Waals surface area contributed by atoms with Gasteiger partial charge in [0.1, 0.15) is 17.1 Å². The Morgan fingerprint density at radius 2 is 2.16 bits per heavy atom. The molecule has 0 saturated heterocycles. The Balaban J connectivity index is 2.42. The van der Waals surface area contributed by atoms with Crippen LogP contribution in [-0.2, 0) is 0 Å². The number of methoxy groups -OCH3 is 1. The molecule has 2 aromatic rings. The Morgan fingerprint density at radius 1 is 1.42 bits per heavy atom. The van der Waals surface area contributed by atoms with Crippen LogP contribution in [0.25, 0.3) is 0 Å². The highest BCUT2D eigenvalue weighted by Gasteiger charge is 2.13. The molecule has 0 aliphatic rings. The van der Waals surface area contributed by atoms with Crippen LogP contribution in [0.5, 0.6) is 5.75 Å². The summed E-state index contributed by atoms with van der Waals surface area (Å²) in [6, 6.07) is 7.19. The summed E-state index contributed by atoms with van der Waals surface area (Å²) in [4.78, 5) is 19.0. The van der Waals surface area contributed by atoms with Gasteiger partial charge in [-0.2, -0.15) is 4.98 Å². The Morgan fingerprint density at radius 3 is 2.84 bits per heavy atom. The third kappa shape index (κ3) is 2.92. The standard InChI is InChI=1S/C12H11ClN4O2/c1-19-9-5-3-2-4-8(9)16-11-7(10(14)18)6-15-12(13)17-11/h2-6H,1H3,(H2,14,18)(H,15,16,17). The van der Waals surface area contributed by atoms with E-state index >= 15 is 0 Å². The molecule has 0 aliphatic carbocycles. The second-order valence-electron chi connectivity index (χ2n) is 3.59. The van der Waals surface area contributed by atoms with Crippen molar-refractivity contribution in [2.75, 3.05) is 12.4 Å². The average Bonchev–Trinajstić information content (AvgIpc) is 2.39. The number of nitrogens with two attached hydrogens (primary N) is 1. The molecule has 0 unspecified atom stereocenters. The van der Waals surface area contributed by atoms with Crippen molar-refractivity contribution < 1.29 is 9.53 Å². The Kier molecular flexibility index (Phi) is 3.82. The number of para-hydroxylation sites is 2. The third-order valence-corrected chi connectivity index (χ3v) is 2.57. The zero-order valence-electron chi connectivity index (χ0n) is 10.1. The van der Waals surface area contributed by atoms with E-state index in [1.165, 1.54) is 6.20 Å². The highest BCUT2D eigenvalue weighted by Crippen LogP contribution is 2.27. The second-order valence-corrected chi connectivity index (χ2v) is 3.93. The highest BCUT2D eigenvalue weighted by molar-refractivity contribution is 6.28. The summed E-state index contributed by atoms with van der Waals surface area (Å²) in [5.41, 5.74) is 6.05. The predicted octanol–water partition coefficient (Wildman–Crippen LogP) is 1.98. The minimum absolute atomic E-state index is 0.0161. The lowest BCUT2D eigenvalue weighted by molar-refractivity contribution is 0.100. The number of carbonyl (C=O) groups is 1. The fourth-order valence-electron chi connectivity index (χ4n) is 1.51. The zero-order valence-corrected chi connectivity index (χ0v) is 10.8. The average molecular weight is 279 g/mol. The molecule has 6 nitrogen and oxygen atoms in total. The SMILES string of the molecule is COc1ccccc1Nc1nc(Cl)ncc1C(N)=O. The molecule has 3 N–H and O–H groups in total. The van der Waals surface area contributed by atoms with Gasteiger partial charge in [-0.15, -0.1) is 0 Å². The highest BCUT2D eigenvalue weighted by atomic mass is 35.5. The van der Waals surface area contributed by atoms with E-state index < -0.39 is 5.91 Å². The number of benzene rings is 1. The molecular formula is C12H11ClN4O2. The van der Waals surface area contributed by atoms with Gasteiger partial charge in [0.05, 0.1) is 12.8 Å². The van der Waals surface area contributed by atoms with Crippen LogP contribution in [-0.4, -0.2) is 23.0 Å². The van der Waals surface area contributed by atoms with Crippen molar-refractivity contribution in [2.24, 2.45) is 5.73 Å². The zero-order chi connectivity index (χ0) is 13.8. The summed E-state index contributed by atoms with van der Waals surface area (Å²) in [6.45, 7) is 0. The number of amides is 1. The van der Waals surface area contributed by atoms with Crippen LogP contribution in [0.4, 0.5) is 11.5 Å². The van der Waals surface area contributed by atoms with Crippen molar-refractivity contribution in [3.05, 3.63) is 41.3 Å². The topological polar surface area (TPSA) is 90.1 Å². The molecule has 0 radical (unpaired) electrons. The monoisotopic (exact) mass is 278 g/mol. The lowest BCUT2D eigenvalue weighted by atomic mass is 10.2. The minimum Gasteiger partial charge on any atom is -0.495 e. The maximum Gasteiger partial charge on any atom is 0.254 e. The van der Waals surface area contributed by atoms with Crippen LogP contribution in [0.1, 0.15) is 10.4 Å². The molecule has 0 atom stereocenters. The van der Waals surface area contributed by atoms with E-state index in [0.717, 1.165) is 0 Å². The maximum atomic E-state index is 11.3. The van der Waals surface area contributed by atoms with Crippen LogP contribution in [0.2, 0.25) is 5.28 Å². The van der Waals surface area contributed by atoms with Crippen molar-refractivity contribution >= 4 is 29.0 Å². The minimum atomic E-state index is -0.644. The lowest BCUT2D eigenvalue weighted by Crippen LogP contribution is -2.15. The first-order valence-electron chi connectivity index (χ1n) is 5.34. The number of nitrogens with zero attached hydrogens (tertiary/aromatic N) is 2. The summed E-state index contributed by atoms with van der Waals surface area (Å²) < 4.78 is 5.19. The van der Waals surface area contributed by atoms with E-state index in [9.17, 15) is 4.79 Å². The number of ether oxygens (including phenoxy) is 1. The van der Waals surface area contributed by atoms with E-state index in [2.05, 4.69) is 15.3 Å². The fraction of sp³-hybridized carbons (Fsp3) is 0.0833. The quantitative estimate of drug-likeness (QED) is 0.835. The van der Waals surface area contributed by atoms with Gasteiger partial charge in [-0.1, -0.05) is 12.1 Å². The summed E-state index contributed by atoms with van der Waals surface area (Å²) in [6.07, 6.45) is 1.27. The lowest BCUT2D eigenvalue weighted by Gasteiger charge is -2.12. The van der Waals surface area contributed by atoms with Gasteiger partial charge in [-0.25, -0.2) is 4.98 Å². The molecule has 0 bridgehead atoms. The number of carbonyl (C=O) groups excluding carboxylic acids is 1. The largest absolute Gasteiger partial charge is 0.495 e. The van der Waals surface area contributed by atoms with Gasteiger partial charge >= 0.3 is 0 Å². The second kappa shape index (κ2) is 5.53. The van der Waals surface area contributed by atoms with Gasteiger partial charge in [-0.05, 0) is 23.7 Å². The number of rotatable bonds is 4. The van der Waals surface area contributed by atoms with Crippen LogP contribution in [0.15, 0.2) is 30.5 Å². The number of hydrogen-bond acceptors (Lipinski definition) is 5. The predicted molar refractivity (Wildman–Crippen MR) is 71.8 cm³/mol. The molecule has 0 saturated carbocycles. The van der Waals surface area contributed by atoms with Crippen LogP contribution in [0.3, 0.4) is 0 Å². The molecular weight excluding hydrogens is 268 g/mol. The first kappa shape index (κ1) is 13.1. The third-order valence-electron chi connectivity index (χ3n) is 2.38. The van der Waals surface area contributed by atoms with Crippen LogP contribution < -0.4 is 15.8 Å². The summed E-state index contributed by atoms with van der Waals surface area (Å²) in [7, 11) is 1.54. The van der Waals surface area contributed by atoms with E-state index in [4.69, 9.17) is 22.1 Å². The number of nitrogens with one attached hydrogen (secondary N) is 1. The summed E-state index contributed by atoms with van der Waals surface area (Å²) in [5.74, 6) is 0.193.